The number of nitrogens with zero attached hydrogens (tertiary/aromatic N) is 2. The van der Waals surface area contributed by atoms with Gasteiger partial charge in [-0.1, -0.05) is 182 Å². The molecular formula is C62H40N2S2. The molecule has 2 nitrogen and oxygen atoms in total. The van der Waals surface area contributed by atoms with E-state index in [0.29, 0.717) is 5.92 Å². The van der Waals surface area contributed by atoms with Crippen LogP contribution in [-0.2, 0) is 0 Å². The molecule has 0 bridgehead atoms. The van der Waals surface area contributed by atoms with Crippen molar-refractivity contribution in [2.24, 2.45) is 11.8 Å². The molecule has 4 heteroatoms. The summed E-state index contributed by atoms with van der Waals surface area (Å²) in [5.41, 5.74) is 7.15. The van der Waals surface area contributed by atoms with E-state index in [2.05, 4.69) is 240 Å². The lowest BCUT2D eigenvalue weighted by Gasteiger charge is -2.36. The third-order valence-corrected chi connectivity index (χ3v) is 16.4. The Morgan fingerprint density at radius 1 is 0.348 bits per heavy atom. The van der Waals surface area contributed by atoms with E-state index in [4.69, 9.17) is 0 Å². The SMILES string of the molecule is C1=CC2C=CC=C(N(c3ccc4c(c3)sc3c5sc6cc(N(c7cccc8ccccc78)c7cccc8ccccc78)ccc6c5c5ccccc5c43)c3cccc4ccccc34)C2C=C1. The molecular weight excluding hydrogens is 837 g/mol. The van der Waals surface area contributed by atoms with Crippen molar-refractivity contribution in [1.29, 1.82) is 0 Å². The van der Waals surface area contributed by atoms with Crippen LogP contribution >= 0.6 is 22.7 Å². The van der Waals surface area contributed by atoms with Crippen LogP contribution in [0.25, 0.3) is 83.4 Å². The smallest absolute Gasteiger partial charge is 0.0540 e. The highest BCUT2D eigenvalue weighted by Gasteiger charge is 2.30. The van der Waals surface area contributed by atoms with Crippen LogP contribution in [0, 0.1) is 11.8 Å². The van der Waals surface area contributed by atoms with Crippen LogP contribution in [0.5, 0.6) is 0 Å². The van der Waals surface area contributed by atoms with Crippen LogP contribution in [0.3, 0.4) is 0 Å². The maximum atomic E-state index is 2.53. The maximum absolute atomic E-state index is 2.53. The summed E-state index contributed by atoms with van der Waals surface area (Å²) in [6, 6.07) is 69.8. The van der Waals surface area contributed by atoms with Crippen molar-refractivity contribution in [1.82, 2.24) is 0 Å². The molecule has 0 N–H and O–H groups in total. The summed E-state index contributed by atoms with van der Waals surface area (Å²) in [7, 11) is 0. The average molecular weight is 877 g/mol. The van der Waals surface area contributed by atoms with E-state index >= 15 is 0 Å². The van der Waals surface area contributed by atoms with Gasteiger partial charge in [-0.15, -0.1) is 22.7 Å². The molecule has 66 heavy (non-hydrogen) atoms. The van der Waals surface area contributed by atoms with Gasteiger partial charge in [-0.25, -0.2) is 0 Å². The number of benzene rings is 10. The van der Waals surface area contributed by atoms with Crippen molar-refractivity contribution in [3.63, 3.8) is 0 Å². The standard InChI is InChI=1S/C62H40N2S2/c1-5-23-45-39(15-1)19-11-29-53(45)63(54-30-12-20-40-16-2-6-24-46(40)54)43-33-35-51-57(37-43)65-61-59(51)49-27-9-10-28-50(49)60-52-36-34-44(38-58(52)66-62(60)61)64(55-31-13-21-41-17-3-7-25-47(41)55)56-32-14-22-42-18-4-8-26-48(42)56/h1-39,45H. The number of thiophene rings is 2. The van der Waals surface area contributed by atoms with Gasteiger partial charge in [0.15, 0.2) is 0 Å². The Morgan fingerprint density at radius 2 is 0.773 bits per heavy atom. The van der Waals surface area contributed by atoms with Crippen LogP contribution in [0.1, 0.15) is 0 Å². The molecule has 2 heterocycles. The minimum atomic E-state index is 0.237. The second-order valence-corrected chi connectivity index (χ2v) is 19.6. The lowest BCUT2D eigenvalue weighted by atomic mass is 9.81. The molecule has 2 aromatic heterocycles. The largest absolute Gasteiger partial charge is 0.313 e. The highest BCUT2D eigenvalue weighted by Crippen LogP contribution is 2.52. The molecule has 310 valence electrons. The number of hydrogen-bond acceptors (Lipinski definition) is 4. The van der Waals surface area contributed by atoms with E-state index in [-0.39, 0.29) is 5.92 Å². The quantitative estimate of drug-likeness (QED) is 0.164. The van der Waals surface area contributed by atoms with Crippen LogP contribution in [-0.4, -0.2) is 0 Å². The lowest BCUT2D eigenvalue weighted by Crippen LogP contribution is -2.27. The molecule has 0 radical (unpaired) electrons. The Bertz CT molecular complexity index is 4010. The summed E-state index contributed by atoms with van der Waals surface area (Å²) in [5, 5.41) is 15.3. The van der Waals surface area contributed by atoms with Gasteiger partial charge in [0.2, 0.25) is 0 Å². The van der Waals surface area contributed by atoms with Gasteiger partial charge in [0.05, 0.1) is 26.5 Å². The van der Waals surface area contributed by atoms with E-state index in [1.54, 1.807) is 0 Å². The third kappa shape index (κ3) is 5.72. The highest BCUT2D eigenvalue weighted by atomic mass is 32.1. The number of allylic oxidation sites excluding steroid dienone is 7. The summed E-state index contributed by atoms with van der Waals surface area (Å²) in [6.07, 6.45) is 16.0. The fourth-order valence-electron chi connectivity index (χ4n) is 11.0. The monoisotopic (exact) mass is 876 g/mol. The molecule has 2 atom stereocenters. The van der Waals surface area contributed by atoms with E-state index in [1.807, 2.05) is 22.7 Å². The van der Waals surface area contributed by atoms with E-state index in [9.17, 15) is 0 Å². The topological polar surface area (TPSA) is 6.48 Å². The summed E-state index contributed by atoms with van der Waals surface area (Å²) in [5.74, 6) is 0.557. The fourth-order valence-corrected chi connectivity index (χ4v) is 13.6. The predicted molar refractivity (Wildman–Crippen MR) is 288 cm³/mol. The van der Waals surface area contributed by atoms with Crippen molar-refractivity contribution in [2.75, 3.05) is 9.80 Å². The molecule has 12 aromatic rings. The van der Waals surface area contributed by atoms with Crippen molar-refractivity contribution in [3.05, 3.63) is 236 Å². The molecule has 0 saturated heterocycles. The molecule has 0 aliphatic heterocycles. The lowest BCUT2D eigenvalue weighted by molar-refractivity contribution is 0.613. The van der Waals surface area contributed by atoms with Gasteiger partial charge in [0, 0.05) is 76.0 Å². The van der Waals surface area contributed by atoms with Crippen molar-refractivity contribution >= 4 is 135 Å². The molecule has 0 spiro atoms. The van der Waals surface area contributed by atoms with Gasteiger partial charge in [-0.2, -0.15) is 0 Å². The first-order chi connectivity index (χ1) is 32.7. The second-order valence-electron chi connectivity index (χ2n) is 17.5. The number of anilines is 5. The molecule has 0 amide bonds. The maximum Gasteiger partial charge on any atom is 0.0540 e. The van der Waals surface area contributed by atoms with Gasteiger partial charge >= 0.3 is 0 Å². The van der Waals surface area contributed by atoms with Crippen molar-refractivity contribution in [2.45, 2.75) is 0 Å². The third-order valence-electron chi connectivity index (χ3n) is 13.9. The number of rotatable bonds is 6. The van der Waals surface area contributed by atoms with E-state index in [0.717, 1.165) is 5.69 Å². The molecule has 2 aliphatic carbocycles. The number of fused-ring (bicyclic) bond motifs is 14. The summed E-state index contributed by atoms with van der Waals surface area (Å²) < 4.78 is 5.29. The van der Waals surface area contributed by atoms with Crippen LogP contribution in [0.15, 0.2) is 236 Å². The zero-order valence-electron chi connectivity index (χ0n) is 35.8. The Kier molecular flexibility index (Phi) is 8.49. The minimum absolute atomic E-state index is 0.237. The first-order valence-corrected chi connectivity index (χ1v) is 24.4. The molecule has 10 aromatic carbocycles. The Hall–Kier alpha value is -7.76. The van der Waals surface area contributed by atoms with Crippen molar-refractivity contribution < 1.29 is 0 Å². The summed E-state index contributed by atoms with van der Waals surface area (Å²) >= 11 is 3.88. The summed E-state index contributed by atoms with van der Waals surface area (Å²) in [4.78, 5) is 5.01. The van der Waals surface area contributed by atoms with Crippen LogP contribution in [0.2, 0.25) is 0 Å². The van der Waals surface area contributed by atoms with E-state index in [1.165, 1.54) is 112 Å². The molecule has 14 rings (SSSR count). The predicted octanol–water partition coefficient (Wildman–Crippen LogP) is 18.5. The van der Waals surface area contributed by atoms with Gasteiger partial charge in [-0.05, 0) is 75.5 Å². The van der Waals surface area contributed by atoms with Gasteiger partial charge < -0.3 is 9.80 Å². The van der Waals surface area contributed by atoms with Gasteiger partial charge in [0.25, 0.3) is 0 Å². The van der Waals surface area contributed by atoms with Crippen LogP contribution < -0.4 is 9.80 Å². The van der Waals surface area contributed by atoms with Gasteiger partial charge in [0.1, 0.15) is 0 Å². The first-order valence-electron chi connectivity index (χ1n) is 22.8. The van der Waals surface area contributed by atoms with E-state index < -0.39 is 0 Å². The molecule has 0 fully saturated rings. The molecule has 0 saturated carbocycles. The first kappa shape index (κ1) is 37.6. The minimum Gasteiger partial charge on any atom is -0.313 e. The second kappa shape index (κ2) is 14.9. The molecule has 2 aliphatic rings. The van der Waals surface area contributed by atoms with Crippen molar-refractivity contribution in [3.8, 4) is 0 Å². The Morgan fingerprint density at radius 3 is 1.30 bits per heavy atom. The number of hydrogen-bond donors (Lipinski definition) is 0. The Labute approximate surface area is 390 Å². The Balaban J connectivity index is 0.991. The average Bonchev–Trinajstić information content (AvgIpc) is 3.96. The fraction of sp³-hybridized carbons (Fsp3) is 0.0323. The molecule has 2 unspecified atom stereocenters. The zero-order chi connectivity index (χ0) is 43.3. The van der Waals surface area contributed by atoms with Crippen LogP contribution in [0.4, 0.5) is 28.4 Å². The highest BCUT2D eigenvalue weighted by molar-refractivity contribution is 7.33. The summed E-state index contributed by atoms with van der Waals surface area (Å²) in [6.45, 7) is 0. The zero-order valence-corrected chi connectivity index (χ0v) is 37.4. The normalized spacial score (nSPS) is 15.8. The van der Waals surface area contributed by atoms with Gasteiger partial charge in [-0.3, -0.25) is 0 Å².